The van der Waals surface area contributed by atoms with Gasteiger partial charge in [-0.2, -0.15) is 0 Å². The summed E-state index contributed by atoms with van der Waals surface area (Å²) in [4.78, 5) is 36.3. The van der Waals surface area contributed by atoms with E-state index in [1.807, 2.05) is 146 Å². The zero-order valence-corrected chi connectivity index (χ0v) is 81.2. The molecule has 0 saturated carbocycles. The van der Waals surface area contributed by atoms with Crippen molar-refractivity contribution in [2.75, 3.05) is 0 Å². The predicted octanol–water partition coefficient (Wildman–Crippen LogP) is 19.4. The number of hydrogen-bond donors (Lipinski definition) is 0. The molecular formula is C72H48B4Br12N24O12. The van der Waals surface area contributed by atoms with Crippen LogP contribution in [0, 0.1) is 64.7 Å². The van der Waals surface area contributed by atoms with E-state index in [-0.39, 0.29) is 0 Å². The molecule has 0 aliphatic carbocycles. The Bertz CT molecular complexity index is 4490. The van der Waals surface area contributed by atoms with Gasteiger partial charge in [-0.3, -0.25) is 29.3 Å². The highest BCUT2D eigenvalue weighted by Gasteiger charge is 2.14. The second-order valence-corrected chi connectivity index (χ2v) is 30.0. The molecule has 0 bridgehead atoms. The highest BCUT2D eigenvalue weighted by Crippen LogP contribution is 2.31. The molecule has 0 radical (unpaired) electrons. The Morgan fingerprint density at radius 3 is 0.210 bits per heavy atom. The minimum absolute atomic E-state index is 0.553. The molecule has 52 heteroatoms. The van der Waals surface area contributed by atoms with Crippen molar-refractivity contribution in [2.45, 2.75) is 0 Å². The van der Waals surface area contributed by atoms with Gasteiger partial charge < -0.3 is 60.3 Å². The molecule has 0 aromatic heterocycles. The third-order valence-electron chi connectivity index (χ3n) is 11.5. The lowest BCUT2D eigenvalue weighted by Gasteiger charge is -2.35. The molecule has 0 heterocycles. The number of halogens is 12. The maximum absolute atomic E-state index is 8.42. The van der Waals surface area contributed by atoms with Gasteiger partial charge in [0.15, 0.2) is 59.7 Å². The van der Waals surface area contributed by atoms with Crippen LogP contribution in [0.25, 0.3) is 59.7 Å². The molecule has 0 atom stereocenters. The molecule has 124 heavy (non-hydrogen) atoms. The van der Waals surface area contributed by atoms with Crippen molar-refractivity contribution in [1.82, 2.24) is 0 Å². The average molecular weight is 2440 g/mol. The minimum Gasteiger partial charge on any atom is -0.907 e. The van der Waals surface area contributed by atoms with Crippen molar-refractivity contribution >= 4 is 289 Å². The van der Waals surface area contributed by atoms with Crippen molar-refractivity contribution in [2.24, 2.45) is 0 Å². The summed E-state index contributed by atoms with van der Waals surface area (Å²) in [6.07, 6.45) is 0. The summed E-state index contributed by atoms with van der Waals surface area (Å²) >= 11 is 38.4. The fourth-order valence-electron chi connectivity index (χ4n) is 6.39. The van der Waals surface area contributed by atoms with E-state index >= 15 is 0 Å². The first-order chi connectivity index (χ1) is 59.0. The monoisotopic (exact) mass is 2430 g/mol. The van der Waals surface area contributed by atoms with Crippen LogP contribution in [0.5, 0.6) is 0 Å². The van der Waals surface area contributed by atoms with Crippen LogP contribution in [0.15, 0.2) is 345 Å². The van der Waals surface area contributed by atoms with E-state index in [1.165, 1.54) is 0 Å². The molecule has 0 spiro atoms. The number of diazo groups is 12. The topological polar surface area (TPSA) is 615 Å². The van der Waals surface area contributed by atoms with E-state index in [1.54, 1.807) is 146 Å². The quantitative estimate of drug-likeness (QED) is 0.100. The van der Waals surface area contributed by atoms with E-state index in [4.69, 9.17) is 125 Å². The Balaban J connectivity index is -0.000000623. The zero-order valence-electron chi connectivity index (χ0n) is 62.2. The SMILES string of the molecule is N#[N+]c1ccccc1Br.N#[N+]c1ccccc1Br.N#[N+]c1ccccc1Br.N#[N+]c1ccccc1Br.N#[N+]c1ccccc1Br.N#[N+]c1ccccc1Br.N#[N+]c1ccccc1Br.N#[N+]c1ccccc1Br.N#[N+]c1ccccc1Br.N#[N+]c1ccccc1Br.N#[N+]c1ccccc1Br.N#[N+]c1ccccc1Br.[O-]B([O-])[O-].[O-]B([O-])[O-].[O-]B([O-])[O-].[O-]B([O-])[O-]. The molecule has 12 aromatic carbocycles. The van der Waals surface area contributed by atoms with Crippen molar-refractivity contribution in [3.63, 3.8) is 0 Å². The van der Waals surface area contributed by atoms with Crippen LogP contribution in [0.1, 0.15) is 0 Å². The first-order valence-electron chi connectivity index (χ1n) is 32.1. The van der Waals surface area contributed by atoms with Gasteiger partial charge in [0.1, 0.15) is 53.7 Å². The molecule has 36 nitrogen and oxygen atoms in total. The molecule has 0 aliphatic heterocycles. The number of hydrogen-bond acceptors (Lipinski definition) is 24. The number of nitrogens with zero attached hydrogens (tertiary/aromatic N) is 24. The van der Waals surface area contributed by atoms with Crippen LogP contribution in [-0.2, 0) is 0 Å². The fraction of sp³-hybridized carbons (Fsp3) is 0. The van der Waals surface area contributed by atoms with Crippen molar-refractivity contribution in [3.8, 4) is 0 Å². The summed E-state index contributed by atoms with van der Waals surface area (Å²) in [5.74, 6) is 0. The van der Waals surface area contributed by atoms with Crippen LogP contribution in [-0.4, -0.2) is 29.3 Å². The lowest BCUT2D eigenvalue weighted by molar-refractivity contribution is -0.481. The Morgan fingerprint density at radius 1 is 0.129 bits per heavy atom. The van der Waals surface area contributed by atoms with Gasteiger partial charge in [-0.25, -0.2) is 0 Å². The second-order valence-electron chi connectivity index (χ2n) is 19.8. The van der Waals surface area contributed by atoms with Crippen molar-refractivity contribution in [1.29, 1.82) is 64.7 Å². The number of benzene rings is 12. The normalized spacial score (nSPS) is 8.23. The first kappa shape index (κ1) is 120. The molecule has 12 aromatic rings. The second kappa shape index (κ2) is 78.2. The average Bonchev–Trinajstić information content (AvgIpc) is 1.03. The highest BCUT2D eigenvalue weighted by atomic mass is 79.9. The van der Waals surface area contributed by atoms with Gasteiger partial charge in [0.25, 0.3) is 0 Å². The molecule has 0 unspecified atom stereocenters. The summed E-state index contributed by atoms with van der Waals surface area (Å²) < 4.78 is 9.58. The van der Waals surface area contributed by atoms with Crippen LogP contribution in [0.4, 0.5) is 68.2 Å². The van der Waals surface area contributed by atoms with Crippen LogP contribution in [0.2, 0.25) is 0 Å². The molecule has 0 fully saturated rings. The highest BCUT2D eigenvalue weighted by molar-refractivity contribution is 9.12. The predicted molar refractivity (Wildman–Crippen MR) is 490 cm³/mol. The van der Waals surface area contributed by atoms with Gasteiger partial charge in [0.05, 0.1) is 0 Å². The third kappa shape index (κ3) is 64.1. The van der Waals surface area contributed by atoms with Gasteiger partial charge in [-0.15, -0.1) is 0 Å². The lowest BCUT2D eigenvalue weighted by Crippen LogP contribution is -2.56. The van der Waals surface area contributed by atoms with Gasteiger partial charge in [-0.05, 0) is 264 Å². The van der Waals surface area contributed by atoms with E-state index < -0.39 is 29.3 Å². The van der Waals surface area contributed by atoms with Crippen LogP contribution in [0.3, 0.4) is 0 Å². The Labute approximate surface area is 809 Å². The van der Waals surface area contributed by atoms with Crippen LogP contribution >= 0.6 is 191 Å². The summed E-state index contributed by atoms with van der Waals surface area (Å²) in [7, 11) is -11.7. The summed E-state index contributed by atoms with van der Waals surface area (Å²) in [6, 6.07) is 86.3. The van der Waals surface area contributed by atoms with E-state index in [2.05, 4.69) is 251 Å². The minimum atomic E-state index is -2.92. The lowest BCUT2D eigenvalue weighted by atomic mass is 10.3. The molecular weight excluding hydrogens is 2400 g/mol. The van der Waals surface area contributed by atoms with Gasteiger partial charge in [0.2, 0.25) is 64.7 Å². The van der Waals surface area contributed by atoms with E-state index in [0.29, 0.717) is 68.2 Å². The Kier molecular flexibility index (Phi) is 75.4. The Hall–Kier alpha value is -10.8. The summed E-state index contributed by atoms with van der Waals surface area (Å²) in [5, 5.41) is 201. The maximum atomic E-state index is 8.42. The third-order valence-corrected chi connectivity index (χ3v) is 19.6. The molecule has 0 aliphatic rings. The Morgan fingerprint density at radius 2 is 0.177 bits per heavy atom. The molecule has 624 valence electrons. The summed E-state index contributed by atoms with van der Waals surface area (Å²) in [5.41, 5.74) is 6.64. The number of rotatable bonds is 0. The van der Waals surface area contributed by atoms with Crippen LogP contribution < -0.4 is 60.3 Å². The van der Waals surface area contributed by atoms with E-state index in [9.17, 15) is 0 Å². The fourth-order valence-corrected chi connectivity index (χ4v) is 10.8. The van der Waals surface area contributed by atoms with Gasteiger partial charge in [-0.1, -0.05) is 146 Å². The van der Waals surface area contributed by atoms with Crippen molar-refractivity contribution < 1.29 is 60.3 Å². The van der Waals surface area contributed by atoms with Gasteiger partial charge in [0, 0.05) is 72.8 Å². The molecule has 0 saturated heterocycles. The zero-order chi connectivity index (χ0) is 94.6. The summed E-state index contributed by atoms with van der Waals surface area (Å²) in [6.45, 7) is 0. The first-order valence-corrected chi connectivity index (χ1v) is 41.6. The smallest absolute Gasteiger partial charge is 0.399 e. The molecule has 0 N–H and O–H groups in total. The molecule has 12 rings (SSSR count). The molecule has 0 amide bonds. The largest absolute Gasteiger partial charge is 0.907 e. The standard InChI is InChI=1S/12C6H4BrN2.4BO3/c12*7-5-3-1-2-4-6(5)9-8;4*2-1(3)4/h12*1-4H;;;;/q12*+1;4*-3. The maximum Gasteiger partial charge on any atom is 0.399 e. The van der Waals surface area contributed by atoms with Gasteiger partial charge >= 0.3 is 68.2 Å². The van der Waals surface area contributed by atoms with Crippen molar-refractivity contribution in [3.05, 3.63) is 405 Å². The van der Waals surface area contributed by atoms with E-state index in [0.717, 1.165) is 53.7 Å².